The molecule has 0 fully saturated rings. The van der Waals surface area contributed by atoms with Gasteiger partial charge < -0.3 is 19.3 Å². The fourth-order valence-electron chi connectivity index (χ4n) is 3.25. The summed E-state index contributed by atoms with van der Waals surface area (Å²) in [4.78, 5) is 3.98. The standard InChI is InChI=1S/C18H13F5N4O3S2.C4H8O2/c19-3-1-10(20)7-13-15(14-8-11-9-24-4-5-27(11)26-14)25-17(12-2-6-31-16(12)13)30-32(28,29)18(21,22)23;1-2-6-4-3-5/h1-3,6-8,24H,4-5,9H2;2,5H,1,3-4H2/b3-1+,10-7?;. The summed E-state index contributed by atoms with van der Waals surface area (Å²) < 4.78 is 99.2. The highest BCUT2D eigenvalue weighted by Crippen LogP contribution is 2.40. The molecule has 0 radical (unpaired) electrons. The average Bonchev–Trinajstić information content (AvgIpc) is 3.51. The lowest BCUT2D eigenvalue weighted by atomic mass is 10.1. The van der Waals surface area contributed by atoms with Crippen molar-refractivity contribution in [3.63, 3.8) is 0 Å². The van der Waals surface area contributed by atoms with Crippen LogP contribution < -0.4 is 9.50 Å². The monoisotopic (exact) mass is 580 g/mol. The Morgan fingerprint density at radius 1 is 1.37 bits per heavy atom. The molecule has 0 amide bonds. The van der Waals surface area contributed by atoms with Crippen molar-refractivity contribution in [2.45, 2.75) is 18.6 Å². The predicted molar refractivity (Wildman–Crippen MR) is 131 cm³/mol. The van der Waals surface area contributed by atoms with Crippen LogP contribution in [-0.2, 0) is 27.9 Å². The van der Waals surface area contributed by atoms with Gasteiger partial charge in [-0.1, -0.05) is 6.58 Å². The van der Waals surface area contributed by atoms with E-state index in [1.54, 1.807) is 10.7 Å². The minimum atomic E-state index is -6.01. The Morgan fingerprint density at radius 3 is 2.74 bits per heavy atom. The van der Waals surface area contributed by atoms with Gasteiger partial charge in [-0.15, -0.1) is 11.3 Å². The summed E-state index contributed by atoms with van der Waals surface area (Å²) in [6.07, 6.45) is 2.77. The number of alkyl halides is 3. The molecule has 0 saturated carbocycles. The number of hydrogen-bond donors (Lipinski definition) is 2. The van der Waals surface area contributed by atoms with Crippen LogP contribution in [0.1, 0.15) is 11.3 Å². The molecule has 38 heavy (non-hydrogen) atoms. The maximum atomic E-state index is 14.2. The molecule has 0 aliphatic carbocycles. The molecule has 9 nitrogen and oxygen atoms in total. The summed E-state index contributed by atoms with van der Waals surface area (Å²) >= 11 is 0.993. The van der Waals surface area contributed by atoms with Crippen molar-refractivity contribution in [2.24, 2.45) is 0 Å². The second-order valence-corrected chi connectivity index (χ2v) is 9.78. The number of nitrogens with zero attached hydrogens (tertiary/aromatic N) is 3. The van der Waals surface area contributed by atoms with Gasteiger partial charge in [0.25, 0.3) is 0 Å². The third-order valence-corrected chi connectivity index (χ3v) is 6.72. The maximum absolute atomic E-state index is 14.2. The number of fused-ring (bicyclic) bond motifs is 2. The molecule has 1 aliphatic rings. The first-order chi connectivity index (χ1) is 18.0. The van der Waals surface area contributed by atoms with Crippen LogP contribution in [0, 0.1) is 0 Å². The zero-order valence-electron chi connectivity index (χ0n) is 19.4. The molecule has 0 unspecified atom stereocenters. The number of aromatic nitrogens is 3. The lowest BCUT2D eigenvalue weighted by molar-refractivity contribution is -0.0500. The van der Waals surface area contributed by atoms with Gasteiger partial charge in [-0.3, -0.25) is 4.68 Å². The van der Waals surface area contributed by atoms with E-state index in [1.165, 1.54) is 17.7 Å². The third kappa shape index (κ3) is 6.75. The van der Waals surface area contributed by atoms with Crippen molar-refractivity contribution < 1.29 is 44.4 Å². The number of pyridine rings is 1. The van der Waals surface area contributed by atoms with Crippen LogP contribution in [0.4, 0.5) is 22.0 Å². The van der Waals surface area contributed by atoms with Crippen LogP contribution in [0.2, 0.25) is 0 Å². The van der Waals surface area contributed by atoms with Crippen molar-refractivity contribution in [1.29, 1.82) is 0 Å². The zero-order chi connectivity index (χ0) is 27.9. The molecule has 2 N–H and O–H groups in total. The number of hydrogen-bond acceptors (Lipinski definition) is 9. The van der Waals surface area contributed by atoms with E-state index in [9.17, 15) is 30.4 Å². The van der Waals surface area contributed by atoms with Crippen LogP contribution in [0.5, 0.6) is 5.88 Å². The predicted octanol–water partition coefficient (Wildman–Crippen LogP) is 4.42. The molecule has 4 rings (SSSR count). The first-order valence-corrected chi connectivity index (χ1v) is 13.0. The second-order valence-electron chi connectivity index (χ2n) is 7.33. The van der Waals surface area contributed by atoms with Gasteiger partial charge in [-0.25, -0.2) is 13.8 Å². The summed E-state index contributed by atoms with van der Waals surface area (Å²) in [5, 5.41) is 16.9. The quantitative estimate of drug-likeness (QED) is 0.101. The van der Waals surface area contributed by atoms with E-state index in [0.717, 1.165) is 23.1 Å². The van der Waals surface area contributed by atoms with Gasteiger partial charge in [-0.2, -0.15) is 26.7 Å². The molecule has 0 aromatic carbocycles. The van der Waals surface area contributed by atoms with Gasteiger partial charge in [0.15, 0.2) is 0 Å². The smallest absolute Gasteiger partial charge is 0.499 e. The number of nitrogens with one attached hydrogen (secondary N) is 1. The van der Waals surface area contributed by atoms with E-state index in [-0.39, 0.29) is 40.0 Å². The first kappa shape index (κ1) is 29.2. The van der Waals surface area contributed by atoms with Gasteiger partial charge in [0.2, 0.25) is 5.88 Å². The summed E-state index contributed by atoms with van der Waals surface area (Å²) in [6, 6.07) is 2.89. The van der Waals surface area contributed by atoms with Crippen molar-refractivity contribution in [1.82, 2.24) is 20.1 Å². The Bertz CT molecular complexity index is 1420. The SMILES string of the molecule is C=COCCO.O=S(=O)(Oc1nc(-c2cc3n(n2)CCNC3)c(C=C(F)/C=C/F)c2sccc12)C(F)(F)F. The van der Waals surface area contributed by atoms with Crippen LogP contribution >= 0.6 is 11.3 Å². The highest BCUT2D eigenvalue weighted by Gasteiger charge is 2.49. The lowest BCUT2D eigenvalue weighted by Gasteiger charge is -2.13. The Balaban J connectivity index is 0.000000599. The summed E-state index contributed by atoms with van der Waals surface area (Å²) in [7, 11) is -6.01. The topological polar surface area (TPSA) is 116 Å². The molecular formula is C22H21F5N4O5S2. The largest absolute Gasteiger partial charge is 0.534 e. The molecule has 4 heterocycles. The van der Waals surface area contributed by atoms with E-state index in [0.29, 0.717) is 32.3 Å². The van der Waals surface area contributed by atoms with Crippen LogP contribution in [-0.4, -0.2) is 53.6 Å². The average molecular weight is 581 g/mol. The fraction of sp³-hybridized carbons (Fsp3) is 0.273. The summed E-state index contributed by atoms with van der Waals surface area (Å²) in [5.74, 6) is -1.82. The van der Waals surface area contributed by atoms with E-state index in [1.807, 2.05) is 0 Å². The summed E-state index contributed by atoms with van der Waals surface area (Å²) in [6.45, 7) is 5.28. The highest BCUT2D eigenvalue weighted by molar-refractivity contribution is 7.88. The molecule has 16 heteroatoms. The molecule has 0 saturated heterocycles. The molecule has 0 bridgehead atoms. The van der Waals surface area contributed by atoms with Crippen LogP contribution in [0.25, 0.3) is 27.6 Å². The molecule has 3 aromatic heterocycles. The summed E-state index contributed by atoms with van der Waals surface area (Å²) in [5.41, 5.74) is -4.80. The molecule has 1 aliphatic heterocycles. The molecule has 0 atom stereocenters. The second kappa shape index (κ2) is 12.5. The molecule has 0 spiro atoms. The normalized spacial score (nSPS) is 14.2. The van der Waals surface area contributed by atoms with Crippen LogP contribution in [0.3, 0.4) is 0 Å². The van der Waals surface area contributed by atoms with Gasteiger partial charge >= 0.3 is 15.6 Å². The van der Waals surface area contributed by atoms with Gasteiger partial charge in [0.1, 0.15) is 23.8 Å². The Morgan fingerprint density at radius 2 is 2.13 bits per heavy atom. The number of aliphatic hydroxyl groups excluding tert-OH is 1. The molecule has 3 aromatic rings. The first-order valence-electron chi connectivity index (χ1n) is 10.7. The third-order valence-electron chi connectivity index (χ3n) is 4.82. The van der Waals surface area contributed by atoms with E-state index in [2.05, 4.69) is 30.9 Å². The maximum Gasteiger partial charge on any atom is 0.534 e. The number of allylic oxidation sites excluding steroid dienone is 2. The Hall–Kier alpha value is -3.34. The van der Waals surface area contributed by atoms with Crippen molar-refractivity contribution in [3.8, 4) is 17.3 Å². The van der Waals surface area contributed by atoms with Crippen LogP contribution in [0.15, 0.2) is 48.6 Å². The molecular weight excluding hydrogens is 559 g/mol. The number of ether oxygens (including phenoxy) is 1. The Labute approximate surface area is 217 Å². The van der Waals surface area contributed by atoms with E-state index >= 15 is 0 Å². The lowest BCUT2D eigenvalue weighted by Crippen LogP contribution is -2.28. The minimum Gasteiger partial charge on any atom is -0.499 e. The van der Waals surface area contributed by atoms with E-state index in [4.69, 9.17) is 5.11 Å². The number of rotatable bonds is 8. The zero-order valence-corrected chi connectivity index (χ0v) is 21.0. The fourth-order valence-corrected chi connectivity index (χ4v) is 4.58. The number of aliphatic hydroxyl groups is 1. The minimum absolute atomic E-state index is 0.0149. The number of thiophene rings is 1. The van der Waals surface area contributed by atoms with Crippen molar-refractivity contribution in [2.75, 3.05) is 19.8 Å². The van der Waals surface area contributed by atoms with Crippen molar-refractivity contribution in [3.05, 3.63) is 59.8 Å². The van der Waals surface area contributed by atoms with Gasteiger partial charge in [0, 0.05) is 29.4 Å². The van der Waals surface area contributed by atoms with Crippen molar-refractivity contribution >= 4 is 37.6 Å². The molecule has 206 valence electrons. The van der Waals surface area contributed by atoms with E-state index < -0.39 is 27.3 Å². The van der Waals surface area contributed by atoms with Gasteiger partial charge in [-0.05, 0) is 23.6 Å². The van der Waals surface area contributed by atoms with Gasteiger partial charge in [0.05, 0.1) is 36.8 Å². The number of halogens is 5. The Kier molecular flexibility index (Phi) is 9.59. The highest BCUT2D eigenvalue weighted by atomic mass is 32.2.